The van der Waals surface area contributed by atoms with Crippen LogP contribution >= 0.6 is 0 Å². The molecule has 0 aliphatic heterocycles. The summed E-state index contributed by atoms with van der Waals surface area (Å²) in [5.41, 5.74) is 11.0. The Morgan fingerprint density at radius 2 is 1.80 bits per heavy atom. The van der Waals surface area contributed by atoms with Crippen molar-refractivity contribution in [3.8, 4) is 11.8 Å². The quantitative estimate of drug-likeness (QED) is 0.156. The number of carbonyl (C=O) groups excluding carboxylic acids is 4. The van der Waals surface area contributed by atoms with E-state index in [-0.39, 0.29) is 35.3 Å². The molecule has 1 aromatic carbocycles. The number of likely N-dealkylation sites (N-methyl/N-ethyl adjacent to an activating group) is 1. The first-order valence-electron chi connectivity index (χ1n) is 12.9. The Morgan fingerprint density at radius 1 is 1.15 bits per heavy atom. The molecule has 0 aromatic heterocycles. The van der Waals surface area contributed by atoms with Crippen molar-refractivity contribution in [2.24, 2.45) is 22.6 Å². The average Bonchev–Trinajstić information content (AvgIpc) is 2.83. The molecule has 1 amide bonds. The highest BCUT2D eigenvalue weighted by molar-refractivity contribution is 6.25. The number of hydrogen-bond acceptors (Lipinski definition) is 11. The predicted octanol–water partition coefficient (Wildman–Crippen LogP) is 0.668. The van der Waals surface area contributed by atoms with Crippen LogP contribution in [0.4, 0.5) is 0 Å². The number of nitrogens with two attached hydrogens (primary N) is 3. The number of aliphatic hydroxyl groups is 2. The highest BCUT2D eigenvalue weighted by atomic mass is 16.3. The number of unbranched alkanes of at least 4 members (excludes halogenated alkanes) is 2. The maximum atomic E-state index is 14.3. The number of Topliss-reactive ketones (excluding diaryl/α,β-unsaturated/α-hetero) is 3. The molecule has 40 heavy (non-hydrogen) atoms. The summed E-state index contributed by atoms with van der Waals surface area (Å²) in [6.45, 7) is 2.00. The van der Waals surface area contributed by atoms with Crippen molar-refractivity contribution >= 4 is 29.0 Å². The first-order valence-corrected chi connectivity index (χ1v) is 12.9. The lowest BCUT2D eigenvalue weighted by molar-refractivity contribution is -0.139. The number of phenolic OH excluding ortho intramolecular Hbond substituents is 1. The van der Waals surface area contributed by atoms with Crippen LogP contribution in [0.2, 0.25) is 0 Å². The molecule has 12 heteroatoms. The van der Waals surface area contributed by atoms with E-state index in [9.17, 15) is 39.8 Å². The van der Waals surface area contributed by atoms with Gasteiger partial charge in [0.05, 0.1) is 34.3 Å². The second kappa shape index (κ2) is 9.55. The number of rotatable bonds is 7. The van der Waals surface area contributed by atoms with Crippen molar-refractivity contribution in [2.75, 3.05) is 14.1 Å². The molecule has 1 aromatic rings. The molecule has 0 unspecified atom stereocenters. The van der Waals surface area contributed by atoms with E-state index in [4.69, 9.17) is 17.2 Å². The molecular formula is C28H33N5O7. The summed E-state index contributed by atoms with van der Waals surface area (Å²) in [5, 5.41) is 43.8. The molecule has 12 nitrogen and oxygen atoms in total. The normalized spacial score (nSPS) is 29.6. The minimum atomic E-state index is -2.73. The summed E-state index contributed by atoms with van der Waals surface area (Å²) in [6.07, 6.45) is 1.81. The minimum Gasteiger partial charge on any atom is -0.509 e. The number of aromatic hydroxyl groups is 1. The fraction of sp³-hybridized carbons (Fsp3) is 0.464. The van der Waals surface area contributed by atoms with Gasteiger partial charge in [-0.15, -0.1) is 0 Å². The first kappa shape index (κ1) is 28.9. The maximum absolute atomic E-state index is 14.3. The van der Waals surface area contributed by atoms with Crippen molar-refractivity contribution in [1.29, 1.82) is 5.26 Å². The minimum absolute atomic E-state index is 0.196. The second-order valence-electron chi connectivity index (χ2n) is 11.1. The fourth-order valence-corrected chi connectivity index (χ4v) is 6.76. The Morgan fingerprint density at radius 3 is 2.35 bits per heavy atom. The number of phenols is 1. The number of aliphatic hydroxyl groups excluding tert-OH is 2. The number of primary amides is 1. The van der Waals surface area contributed by atoms with Gasteiger partial charge in [-0.3, -0.25) is 24.1 Å². The zero-order chi connectivity index (χ0) is 29.9. The van der Waals surface area contributed by atoms with Gasteiger partial charge in [0.25, 0.3) is 5.91 Å². The average molecular weight is 552 g/mol. The van der Waals surface area contributed by atoms with Crippen LogP contribution in [-0.4, -0.2) is 74.7 Å². The Hall–Kier alpha value is -4.05. The molecule has 0 bridgehead atoms. The van der Waals surface area contributed by atoms with Gasteiger partial charge in [-0.25, -0.2) is 0 Å². The topological polar surface area (TPSA) is 234 Å². The summed E-state index contributed by atoms with van der Waals surface area (Å²) >= 11 is 0. The maximum Gasteiger partial charge on any atom is 0.255 e. The van der Waals surface area contributed by atoms with Gasteiger partial charge in [0.2, 0.25) is 0 Å². The Balaban J connectivity index is 2.04. The summed E-state index contributed by atoms with van der Waals surface area (Å²) in [5.74, 6) is -6.25. The number of hydrogen-bond donors (Lipinski definition) is 6. The highest BCUT2D eigenvalue weighted by Crippen LogP contribution is 2.58. The van der Waals surface area contributed by atoms with Crippen molar-refractivity contribution in [2.45, 2.75) is 62.6 Å². The van der Waals surface area contributed by atoms with E-state index >= 15 is 0 Å². The largest absolute Gasteiger partial charge is 0.509 e. The van der Waals surface area contributed by atoms with Gasteiger partial charge < -0.3 is 32.5 Å². The smallest absolute Gasteiger partial charge is 0.255 e. The van der Waals surface area contributed by atoms with Crippen LogP contribution in [-0.2, 0) is 20.8 Å². The second-order valence-corrected chi connectivity index (χ2v) is 11.1. The van der Waals surface area contributed by atoms with Crippen LogP contribution in [0.15, 0.2) is 29.0 Å². The molecule has 0 heterocycles. The molecular weight excluding hydrogens is 518 g/mol. The summed E-state index contributed by atoms with van der Waals surface area (Å²) < 4.78 is 0. The number of ketones is 3. The number of fused-ring (bicyclic) bond motifs is 3. The first-order chi connectivity index (χ1) is 18.6. The van der Waals surface area contributed by atoms with Crippen molar-refractivity contribution in [3.63, 3.8) is 0 Å². The van der Waals surface area contributed by atoms with Crippen LogP contribution in [0.1, 0.15) is 60.5 Å². The molecule has 3 aliphatic carbocycles. The zero-order valence-corrected chi connectivity index (χ0v) is 22.6. The SMILES string of the molecule is CCCCCC(=O)c1ccc(O)c2c1C[C@@]1(N)C[C@@]3(N)[C@H](N(C)C)C(=O)C(C(N)=O)=C(O)[C@@]3(C#N)C(=O)C1=C2O. The van der Waals surface area contributed by atoms with E-state index in [2.05, 4.69) is 0 Å². The van der Waals surface area contributed by atoms with Gasteiger partial charge in [0, 0.05) is 12.0 Å². The lowest BCUT2D eigenvalue weighted by atomic mass is 9.47. The van der Waals surface area contributed by atoms with Crippen LogP contribution < -0.4 is 17.2 Å². The zero-order valence-electron chi connectivity index (χ0n) is 22.6. The molecule has 1 saturated carbocycles. The van der Waals surface area contributed by atoms with Gasteiger partial charge in [-0.2, -0.15) is 5.26 Å². The number of amides is 1. The standard InChI is InChI=1S/C28H33N5O7/c1-4-5-6-7-15(34)13-8-9-16(35)17-14(13)10-26(31)11-28(32)22(33(2)3)21(37)18(25(30)40)23(38)27(28,12-29)24(39)19(26)20(17)36/h8-9,22,35-36,38H,4-7,10-11,31-32H2,1-3H3,(H2,30,40)/t22-,26-,27+,28-/m1/s1. The van der Waals surface area contributed by atoms with Crippen molar-refractivity contribution in [3.05, 3.63) is 45.7 Å². The number of nitriles is 1. The lowest BCUT2D eigenvalue weighted by Crippen LogP contribution is -2.80. The molecule has 0 saturated heterocycles. The summed E-state index contributed by atoms with van der Waals surface area (Å²) in [6, 6.07) is 2.87. The monoisotopic (exact) mass is 551 g/mol. The van der Waals surface area contributed by atoms with Gasteiger partial charge in [-0.05, 0) is 51.1 Å². The van der Waals surface area contributed by atoms with Crippen molar-refractivity contribution in [1.82, 2.24) is 4.90 Å². The third-order valence-electron chi connectivity index (χ3n) is 8.44. The number of carbonyl (C=O) groups is 4. The molecule has 4 rings (SSSR count). The van der Waals surface area contributed by atoms with E-state index in [1.54, 1.807) is 6.07 Å². The molecule has 0 radical (unpaired) electrons. The van der Waals surface area contributed by atoms with Gasteiger partial charge in [-0.1, -0.05) is 19.8 Å². The van der Waals surface area contributed by atoms with Crippen LogP contribution in [0.5, 0.6) is 5.75 Å². The lowest BCUT2D eigenvalue weighted by Gasteiger charge is -2.58. The summed E-state index contributed by atoms with van der Waals surface area (Å²) in [7, 11) is 2.89. The molecule has 4 atom stereocenters. The van der Waals surface area contributed by atoms with Gasteiger partial charge >= 0.3 is 0 Å². The van der Waals surface area contributed by atoms with Crippen molar-refractivity contribution < 1.29 is 34.5 Å². The summed E-state index contributed by atoms with van der Waals surface area (Å²) in [4.78, 5) is 54.5. The molecule has 3 aliphatic rings. The molecule has 0 spiro atoms. The fourth-order valence-electron chi connectivity index (χ4n) is 6.76. The van der Waals surface area contributed by atoms with Crippen LogP contribution in [0.25, 0.3) is 5.76 Å². The van der Waals surface area contributed by atoms with E-state index < -0.39 is 74.8 Å². The third kappa shape index (κ3) is 3.62. The Bertz CT molecular complexity index is 1470. The van der Waals surface area contributed by atoms with Gasteiger partial charge in [0.1, 0.15) is 22.8 Å². The molecule has 9 N–H and O–H groups in total. The van der Waals surface area contributed by atoms with Gasteiger partial charge in [0.15, 0.2) is 22.8 Å². The van der Waals surface area contributed by atoms with Crippen LogP contribution in [0, 0.1) is 16.7 Å². The predicted molar refractivity (Wildman–Crippen MR) is 143 cm³/mol. The molecule has 1 fully saturated rings. The van der Waals surface area contributed by atoms with E-state index in [0.29, 0.717) is 6.42 Å². The number of nitrogens with zero attached hydrogens (tertiary/aromatic N) is 2. The Labute approximate surface area is 230 Å². The van der Waals surface area contributed by atoms with E-state index in [0.717, 1.165) is 12.8 Å². The van der Waals surface area contributed by atoms with E-state index in [1.165, 1.54) is 31.1 Å². The van der Waals surface area contributed by atoms with Crippen LogP contribution in [0.3, 0.4) is 0 Å². The number of benzene rings is 1. The molecule has 212 valence electrons. The van der Waals surface area contributed by atoms with E-state index in [1.807, 2.05) is 6.92 Å². The Kier molecular flexibility index (Phi) is 6.91. The third-order valence-corrected chi connectivity index (χ3v) is 8.44. The highest BCUT2D eigenvalue weighted by Gasteiger charge is 2.74.